The van der Waals surface area contributed by atoms with Gasteiger partial charge in [0.2, 0.25) is 0 Å². The molecule has 0 unspecified atom stereocenters. The van der Waals surface area contributed by atoms with Crippen molar-refractivity contribution >= 4 is 5.97 Å². The molecule has 5 heteroatoms. The van der Waals surface area contributed by atoms with Crippen LogP contribution in [-0.4, -0.2) is 15.9 Å². The van der Waals surface area contributed by atoms with Gasteiger partial charge in [0.15, 0.2) is 5.82 Å². The highest BCUT2D eigenvalue weighted by Gasteiger charge is 2.13. The van der Waals surface area contributed by atoms with Gasteiger partial charge in [-0.1, -0.05) is 64.9 Å². The molecule has 0 N–H and O–H groups in total. The quantitative estimate of drug-likeness (QED) is 0.134. The number of carbonyl (C=O) groups excluding carboxylic acids is 1. The van der Waals surface area contributed by atoms with Gasteiger partial charge in [0.25, 0.3) is 0 Å². The van der Waals surface area contributed by atoms with Crippen LogP contribution in [0.1, 0.15) is 93.1 Å². The van der Waals surface area contributed by atoms with E-state index in [2.05, 4.69) is 23.8 Å². The highest BCUT2D eigenvalue weighted by atomic mass is 19.1. The van der Waals surface area contributed by atoms with E-state index < -0.39 is 5.97 Å². The molecule has 4 nitrogen and oxygen atoms in total. The van der Waals surface area contributed by atoms with E-state index >= 15 is 0 Å². The SMILES string of the molecule is CCCCCCCc1ccc(C(=O)Oc2ccc(-c3ncc(CCCCCC)cn3)cc2)cc1F. The lowest BCUT2D eigenvalue weighted by molar-refractivity contribution is 0.0734. The van der Waals surface area contributed by atoms with Crippen molar-refractivity contribution in [1.82, 2.24) is 9.97 Å². The van der Waals surface area contributed by atoms with E-state index in [9.17, 15) is 9.18 Å². The van der Waals surface area contributed by atoms with Crippen molar-refractivity contribution in [1.29, 1.82) is 0 Å². The van der Waals surface area contributed by atoms with Gasteiger partial charge in [-0.15, -0.1) is 0 Å². The molecule has 0 aliphatic carbocycles. The maximum absolute atomic E-state index is 14.5. The number of rotatable bonds is 14. The highest BCUT2D eigenvalue weighted by molar-refractivity contribution is 5.91. The van der Waals surface area contributed by atoms with Crippen LogP contribution in [0.4, 0.5) is 4.39 Å². The second-order valence-corrected chi connectivity index (χ2v) is 9.11. The van der Waals surface area contributed by atoms with Crippen LogP contribution < -0.4 is 4.74 Å². The molecule has 0 saturated heterocycles. The molecule has 0 spiro atoms. The average Bonchev–Trinajstić information content (AvgIpc) is 2.88. The van der Waals surface area contributed by atoms with E-state index in [1.54, 1.807) is 24.3 Å². The minimum absolute atomic E-state index is 0.208. The number of hydrogen-bond acceptors (Lipinski definition) is 4. The number of halogens is 1. The van der Waals surface area contributed by atoms with Crippen LogP contribution in [0.15, 0.2) is 54.9 Å². The first-order chi connectivity index (χ1) is 17.1. The maximum atomic E-state index is 14.5. The molecule has 0 atom stereocenters. The third kappa shape index (κ3) is 8.57. The fourth-order valence-electron chi connectivity index (χ4n) is 4.02. The third-order valence-electron chi connectivity index (χ3n) is 6.19. The molecule has 1 aromatic heterocycles. The summed E-state index contributed by atoms with van der Waals surface area (Å²) in [6, 6.07) is 11.7. The molecule has 1 heterocycles. The predicted octanol–water partition coefficient (Wildman–Crippen LogP) is 8.14. The third-order valence-corrected chi connectivity index (χ3v) is 6.19. The lowest BCUT2D eigenvalue weighted by Gasteiger charge is -2.08. The average molecular weight is 477 g/mol. The molecule has 186 valence electrons. The Hall–Kier alpha value is -3.08. The van der Waals surface area contributed by atoms with Crippen molar-refractivity contribution in [3.05, 3.63) is 77.4 Å². The Kier molecular flexibility index (Phi) is 10.9. The van der Waals surface area contributed by atoms with Gasteiger partial charge in [-0.2, -0.15) is 0 Å². The zero-order valence-corrected chi connectivity index (χ0v) is 21.1. The summed E-state index contributed by atoms with van der Waals surface area (Å²) in [5, 5.41) is 0. The summed E-state index contributed by atoms with van der Waals surface area (Å²) in [4.78, 5) is 21.5. The summed E-state index contributed by atoms with van der Waals surface area (Å²) in [6.45, 7) is 4.38. The smallest absolute Gasteiger partial charge is 0.343 e. The largest absolute Gasteiger partial charge is 0.423 e. The lowest BCUT2D eigenvalue weighted by Crippen LogP contribution is -2.09. The number of esters is 1. The van der Waals surface area contributed by atoms with Crippen molar-refractivity contribution in [2.75, 3.05) is 0 Å². The highest BCUT2D eigenvalue weighted by Crippen LogP contribution is 2.21. The van der Waals surface area contributed by atoms with E-state index in [4.69, 9.17) is 4.74 Å². The standard InChI is InChI=1S/C30H37FN2O2/c1-3-5-7-9-11-13-24-14-15-26(20-28(24)31)30(34)35-27-18-16-25(17-19-27)29-32-21-23(22-33-29)12-10-8-6-4-2/h14-22H,3-13H2,1-2H3. The maximum Gasteiger partial charge on any atom is 0.343 e. The molecule has 3 aromatic rings. The van der Waals surface area contributed by atoms with Gasteiger partial charge in [0.1, 0.15) is 11.6 Å². The number of ether oxygens (including phenoxy) is 1. The van der Waals surface area contributed by atoms with Crippen LogP contribution in [-0.2, 0) is 12.8 Å². The lowest BCUT2D eigenvalue weighted by atomic mass is 10.0. The number of hydrogen-bond donors (Lipinski definition) is 0. The van der Waals surface area contributed by atoms with Gasteiger partial charge in [0.05, 0.1) is 5.56 Å². The summed E-state index contributed by atoms with van der Waals surface area (Å²) in [7, 11) is 0. The van der Waals surface area contributed by atoms with E-state index in [-0.39, 0.29) is 11.4 Å². The molecular weight excluding hydrogens is 439 g/mol. The molecule has 3 rings (SSSR count). The Morgan fingerprint density at radius 3 is 2.09 bits per heavy atom. The Morgan fingerprint density at radius 1 is 0.800 bits per heavy atom. The zero-order valence-electron chi connectivity index (χ0n) is 21.1. The number of aryl methyl sites for hydroxylation is 2. The fourth-order valence-corrected chi connectivity index (χ4v) is 4.02. The number of carbonyl (C=O) groups is 1. The first kappa shape index (κ1) is 26.5. The molecule has 0 fully saturated rings. The first-order valence-corrected chi connectivity index (χ1v) is 13.0. The van der Waals surface area contributed by atoms with Gasteiger partial charge in [0, 0.05) is 18.0 Å². The summed E-state index contributed by atoms with van der Waals surface area (Å²) in [5.74, 6) is 0.102. The Labute approximate surface area is 209 Å². The molecule has 0 bridgehead atoms. The minimum atomic E-state index is -0.574. The molecule has 0 saturated carbocycles. The van der Waals surface area contributed by atoms with Gasteiger partial charge in [-0.3, -0.25) is 0 Å². The molecule has 0 aliphatic heterocycles. The fraction of sp³-hybridized carbons (Fsp3) is 0.433. The molecule has 0 amide bonds. The van der Waals surface area contributed by atoms with E-state index in [0.717, 1.165) is 36.8 Å². The second kappa shape index (κ2) is 14.3. The summed E-state index contributed by atoms with van der Waals surface area (Å²) < 4.78 is 19.9. The van der Waals surface area contributed by atoms with E-state index in [0.29, 0.717) is 23.6 Å². The molecule has 2 aromatic carbocycles. The molecule has 0 radical (unpaired) electrons. The van der Waals surface area contributed by atoms with Crippen LogP contribution in [0.25, 0.3) is 11.4 Å². The Bertz CT molecular complexity index is 1050. The van der Waals surface area contributed by atoms with Crippen LogP contribution in [0.5, 0.6) is 5.75 Å². The monoisotopic (exact) mass is 476 g/mol. The van der Waals surface area contributed by atoms with Crippen LogP contribution >= 0.6 is 0 Å². The molecule has 0 aliphatic rings. The number of unbranched alkanes of at least 4 members (excludes halogenated alkanes) is 7. The number of nitrogens with zero attached hydrogens (tertiary/aromatic N) is 2. The molecule has 35 heavy (non-hydrogen) atoms. The predicted molar refractivity (Wildman–Crippen MR) is 139 cm³/mol. The van der Waals surface area contributed by atoms with Crippen LogP contribution in [0.2, 0.25) is 0 Å². The second-order valence-electron chi connectivity index (χ2n) is 9.11. The normalized spacial score (nSPS) is 10.9. The van der Waals surface area contributed by atoms with Crippen molar-refractivity contribution < 1.29 is 13.9 Å². The van der Waals surface area contributed by atoms with Crippen molar-refractivity contribution in [2.24, 2.45) is 0 Å². The van der Waals surface area contributed by atoms with Crippen LogP contribution in [0.3, 0.4) is 0 Å². The first-order valence-electron chi connectivity index (χ1n) is 13.0. The van der Waals surface area contributed by atoms with Gasteiger partial charge < -0.3 is 4.74 Å². The Morgan fingerprint density at radius 2 is 1.43 bits per heavy atom. The van der Waals surface area contributed by atoms with Crippen molar-refractivity contribution in [3.63, 3.8) is 0 Å². The van der Waals surface area contributed by atoms with Gasteiger partial charge in [-0.05, 0) is 73.2 Å². The zero-order chi connectivity index (χ0) is 24.9. The van der Waals surface area contributed by atoms with Gasteiger partial charge >= 0.3 is 5.97 Å². The van der Waals surface area contributed by atoms with Crippen LogP contribution in [0, 0.1) is 5.82 Å². The van der Waals surface area contributed by atoms with Crippen molar-refractivity contribution in [3.8, 4) is 17.1 Å². The summed E-state index contributed by atoms with van der Waals surface area (Å²) in [5.41, 5.74) is 2.84. The number of aromatic nitrogens is 2. The van der Waals surface area contributed by atoms with E-state index in [1.807, 2.05) is 24.5 Å². The minimum Gasteiger partial charge on any atom is -0.423 e. The Balaban J connectivity index is 1.52. The topological polar surface area (TPSA) is 52.1 Å². The molecular formula is C30H37FN2O2. The van der Waals surface area contributed by atoms with Crippen molar-refractivity contribution in [2.45, 2.75) is 84.5 Å². The summed E-state index contributed by atoms with van der Waals surface area (Å²) >= 11 is 0. The van der Waals surface area contributed by atoms with E-state index in [1.165, 1.54) is 44.6 Å². The summed E-state index contributed by atoms with van der Waals surface area (Å²) in [6.07, 6.45) is 16.0. The number of benzene rings is 2. The van der Waals surface area contributed by atoms with Gasteiger partial charge in [-0.25, -0.2) is 19.2 Å².